The van der Waals surface area contributed by atoms with Crippen LogP contribution in [0.3, 0.4) is 0 Å². The standard InChI is InChI=1S/C30H36O5S2/c1-6-23-12-14-27(24(19-23)20-37(33)26-10-8-7-9-11-26)35-22(3)16-17-34-25-13-15-28(21(2)18-25)36-30(4,5)29(31)32/h7-15,18-20,22,33H,6,16-17H2,1-5H3,(H,31,32). The summed E-state index contributed by atoms with van der Waals surface area (Å²) >= 11 is 1.33. The summed E-state index contributed by atoms with van der Waals surface area (Å²) in [7, 11) is -1.03. The predicted octanol–water partition coefficient (Wildman–Crippen LogP) is 7.70. The number of carboxylic acids is 1. The zero-order chi connectivity index (χ0) is 27.0. The number of hydrogen-bond acceptors (Lipinski definition) is 5. The molecule has 2 N–H and O–H groups in total. The van der Waals surface area contributed by atoms with E-state index in [9.17, 15) is 14.5 Å². The lowest BCUT2D eigenvalue weighted by Gasteiger charge is -2.20. The van der Waals surface area contributed by atoms with Gasteiger partial charge in [0, 0.05) is 27.1 Å². The molecular weight excluding hydrogens is 504 g/mol. The lowest BCUT2D eigenvalue weighted by atomic mass is 10.1. The third-order valence-corrected chi connectivity index (χ3v) is 8.45. The van der Waals surface area contributed by atoms with Crippen LogP contribution in [0.25, 0.3) is 0 Å². The Morgan fingerprint density at radius 3 is 2.49 bits per heavy atom. The van der Waals surface area contributed by atoms with Crippen LogP contribution in [0.15, 0.2) is 76.5 Å². The van der Waals surface area contributed by atoms with E-state index in [0.29, 0.717) is 13.0 Å². The van der Waals surface area contributed by atoms with Crippen molar-refractivity contribution in [1.29, 1.82) is 0 Å². The molecule has 0 aliphatic carbocycles. The Hall–Kier alpha value is -2.74. The fraction of sp³-hybridized carbons (Fsp3) is 0.333. The van der Waals surface area contributed by atoms with Crippen molar-refractivity contribution < 1.29 is 23.9 Å². The topological polar surface area (TPSA) is 76.0 Å². The van der Waals surface area contributed by atoms with Gasteiger partial charge in [-0.05, 0) is 98.5 Å². The highest BCUT2D eigenvalue weighted by atomic mass is 32.2. The summed E-state index contributed by atoms with van der Waals surface area (Å²) < 4.78 is 22.1. The van der Waals surface area contributed by atoms with E-state index in [1.807, 2.05) is 73.8 Å². The van der Waals surface area contributed by atoms with E-state index in [2.05, 4.69) is 19.1 Å². The highest BCUT2D eigenvalue weighted by molar-refractivity contribution is 8.10. The molecule has 2 unspecified atom stereocenters. The maximum atomic E-state index is 11.4. The van der Waals surface area contributed by atoms with Gasteiger partial charge < -0.3 is 19.1 Å². The van der Waals surface area contributed by atoms with E-state index in [1.165, 1.54) is 17.3 Å². The van der Waals surface area contributed by atoms with E-state index < -0.39 is 21.5 Å². The number of carbonyl (C=O) groups is 1. The number of hydrogen-bond donors (Lipinski definition) is 2. The quantitative estimate of drug-likeness (QED) is 0.181. The van der Waals surface area contributed by atoms with Gasteiger partial charge in [0.05, 0.1) is 12.7 Å². The molecule has 0 bridgehead atoms. The molecule has 0 aliphatic heterocycles. The number of benzene rings is 3. The molecule has 0 spiro atoms. The van der Waals surface area contributed by atoms with Crippen molar-refractivity contribution in [2.45, 2.75) is 68.1 Å². The maximum Gasteiger partial charge on any atom is 0.319 e. The van der Waals surface area contributed by atoms with Crippen molar-refractivity contribution >= 4 is 33.9 Å². The monoisotopic (exact) mass is 540 g/mol. The van der Waals surface area contributed by atoms with Crippen LogP contribution in [-0.4, -0.2) is 38.5 Å². The Kier molecular flexibility index (Phi) is 10.3. The van der Waals surface area contributed by atoms with Gasteiger partial charge >= 0.3 is 5.97 Å². The lowest BCUT2D eigenvalue weighted by molar-refractivity contribution is -0.138. The molecule has 37 heavy (non-hydrogen) atoms. The first-order valence-corrected chi connectivity index (χ1v) is 14.4. The van der Waals surface area contributed by atoms with E-state index >= 15 is 0 Å². The van der Waals surface area contributed by atoms with Gasteiger partial charge in [-0.1, -0.05) is 31.2 Å². The van der Waals surface area contributed by atoms with Crippen LogP contribution in [0.4, 0.5) is 0 Å². The Bertz CT molecular complexity index is 1240. The third-order valence-electron chi connectivity index (χ3n) is 5.85. The molecule has 7 heteroatoms. The van der Waals surface area contributed by atoms with Gasteiger partial charge in [0.1, 0.15) is 16.2 Å². The Morgan fingerprint density at radius 1 is 1.11 bits per heavy atom. The van der Waals surface area contributed by atoms with Crippen LogP contribution in [-0.2, 0) is 11.2 Å². The minimum absolute atomic E-state index is 0.0934. The summed E-state index contributed by atoms with van der Waals surface area (Å²) in [5.41, 5.74) is 3.05. The number of aliphatic carboxylic acids is 1. The highest BCUT2D eigenvalue weighted by Gasteiger charge is 2.29. The first-order chi connectivity index (χ1) is 17.6. The second kappa shape index (κ2) is 13.2. The summed E-state index contributed by atoms with van der Waals surface area (Å²) in [6, 6.07) is 21.5. The highest BCUT2D eigenvalue weighted by Crippen LogP contribution is 2.36. The minimum Gasteiger partial charge on any atom is -0.493 e. The molecule has 0 saturated carbocycles. The molecular formula is C30H36O5S2. The summed E-state index contributed by atoms with van der Waals surface area (Å²) in [4.78, 5) is 13.2. The largest absolute Gasteiger partial charge is 0.493 e. The first-order valence-electron chi connectivity index (χ1n) is 12.4. The van der Waals surface area contributed by atoms with Crippen LogP contribution in [0.2, 0.25) is 0 Å². The van der Waals surface area contributed by atoms with Crippen molar-refractivity contribution in [2.75, 3.05) is 6.61 Å². The maximum absolute atomic E-state index is 11.4. The smallest absolute Gasteiger partial charge is 0.319 e. The van der Waals surface area contributed by atoms with Crippen molar-refractivity contribution in [1.82, 2.24) is 0 Å². The van der Waals surface area contributed by atoms with Crippen LogP contribution in [0.1, 0.15) is 50.8 Å². The summed E-state index contributed by atoms with van der Waals surface area (Å²) in [6.07, 6.45) is 1.49. The molecule has 0 saturated heterocycles. The number of carboxylic acid groups (broad SMARTS) is 1. The fourth-order valence-electron chi connectivity index (χ4n) is 3.53. The lowest BCUT2D eigenvalue weighted by Crippen LogP contribution is -2.27. The summed E-state index contributed by atoms with van der Waals surface area (Å²) in [5.74, 6) is 0.646. The van der Waals surface area contributed by atoms with E-state index in [0.717, 1.165) is 38.8 Å². The van der Waals surface area contributed by atoms with Gasteiger partial charge in [-0.25, -0.2) is 0 Å². The Morgan fingerprint density at radius 2 is 1.84 bits per heavy atom. The molecule has 3 aromatic carbocycles. The Balaban J connectivity index is 1.62. The molecule has 0 heterocycles. The van der Waals surface area contributed by atoms with E-state index in [4.69, 9.17) is 9.47 Å². The molecule has 0 amide bonds. The zero-order valence-corrected chi connectivity index (χ0v) is 23.7. The van der Waals surface area contributed by atoms with Gasteiger partial charge in [0.2, 0.25) is 0 Å². The molecule has 0 fully saturated rings. The number of rotatable bonds is 12. The van der Waals surface area contributed by atoms with Gasteiger partial charge in [0.15, 0.2) is 0 Å². The average molecular weight is 541 g/mol. The number of ether oxygens (including phenoxy) is 2. The van der Waals surface area contributed by atoms with Crippen molar-refractivity contribution in [3.05, 3.63) is 83.4 Å². The Labute approximate surface area is 227 Å². The molecule has 0 aliphatic rings. The number of thioether (sulfide) groups is 1. The van der Waals surface area contributed by atoms with Crippen LogP contribution in [0.5, 0.6) is 11.5 Å². The zero-order valence-electron chi connectivity index (χ0n) is 22.1. The third kappa shape index (κ3) is 8.38. The van der Waals surface area contributed by atoms with Gasteiger partial charge in [-0.2, -0.15) is 0 Å². The average Bonchev–Trinajstić information content (AvgIpc) is 2.87. The second-order valence-electron chi connectivity index (χ2n) is 9.38. The van der Waals surface area contributed by atoms with Crippen LogP contribution < -0.4 is 9.47 Å². The van der Waals surface area contributed by atoms with Crippen molar-refractivity contribution in [3.8, 4) is 11.5 Å². The molecule has 5 nitrogen and oxygen atoms in total. The van der Waals surface area contributed by atoms with Gasteiger partial charge in [-0.15, -0.1) is 11.8 Å². The molecule has 2 atom stereocenters. The second-order valence-corrected chi connectivity index (χ2v) is 12.4. The first kappa shape index (κ1) is 28.8. The van der Waals surface area contributed by atoms with E-state index in [-0.39, 0.29) is 6.10 Å². The van der Waals surface area contributed by atoms with Gasteiger partial charge in [0.25, 0.3) is 0 Å². The molecule has 198 valence electrons. The van der Waals surface area contributed by atoms with Crippen molar-refractivity contribution in [2.24, 2.45) is 0 Å². The van der Waals surface area contributed by atoms with Gasteiger partial charge in [-0.3, -0.25) is 4.79 Å². The summed E-state index contributed by atoms with van der Waals surface area (Å²) in [6.45, 7) is 9.96. The molecule has 0 radical (unpaired) electrons. The normalized spacial score (nSPS) is 13.2. The molecule has 3 aromatic rings. The van der Waals surface area contributed by atoms with Crippen LogP contribution >= 0.6 is 22.5 Å². The minimum atomic E-state index is -1.03. The van der Waals surface area contributed by atoms with E-state index in [1.54, 1.807) is 13.8 Å². The fourth-order valence-corrected chi connectivity index (χ4v) is 5.52. The predicted molar refractivity (Wildman–Crippen MR) is 155 cm³/mol. The summed E-state index contributed by atoms with van der Waals surface area (Å²) in [5, 5.41) is 11.3. The number of aryl methyl sites for hydroxylation is 2. The van der Waals surface area contributed by atoms with Crippen LogP contribution in [0, 0.1) is 6.92 Å². The molecule has 3 rings (SSSR count). The SMILES string of the molecule is CCc1ccc(OC(C)CCOc2ccc(SC(C)(C)C(=O)O)c(C)c2)c(C=S(O)c2ccccc2)c1. The molecule has 0 aromatic heterocycles. The van der Waals surface area contributed by atoms with Crippen molar-refractivity contribution in [3.63, 3.8) is 0 Å².